The summed E-state index contributed by atoms with van der Waals surface area (Å²) in [5.74, 6) is 0.938. The van der Waals surface area contributed by atoms with Crippen molar-refractivity contribution in [3.05, 3.63) is 53.1 Å². The zero-order chi connectivity index (χ0) is 25.2. The zero-order valence-corrected chi connectivity index (χ0v) is 21.1. The van der Waals surface area contributed by atoms with Gasteiger partial charge in [0, 0.05) is 45.1 Å². The molecule has 1 atom stereocenters. The van der Waals surface area contributed by atoms with Crippen molar-refractivity contribution in [2.24, 2.45) is 17.6 Å². The van der Waals surface area contributed by atoms with Gasteiger partial charge in [0.25, 0.3) is 0 Å². The summed E-state index contributed by atoms with van der Waals surface area (Å²) in [5.41, 5.74) is 8.68. The normalized spacial score (nSPS) is 19.1. The highest BCUT2D eigenvalue weighted by Gasteiger charge is 2.32. The van der Waals surface area contributed by atoms with Gasteiger partial charge in [-0.05, 0) is 81.2 Å². The number of piperidine rings is 1. The first-order chi connectivity index (χ1) is 17.4. The predicted octanol–water partition coefficient (Wildman–Crippen LogP) is 1.88. The summed E-state index contributed by atoms with van der Waals surface area (Å²) in [7, 11) is 2.13. The predicted molar refractivity (Wildman–Crippen MR) is 136 cm³/mol. The van der Waals surface area contributed by atoms with Gasteiger partial charge in [0.05, 0.1) is 0 Å². The first kappa shape index (κ1) is 24.6. The number of likely N-dealkylation sites (N-methyl/N-ethyl adjacent to an activating group) is 1. The van der Waals surface area contributed by atoms with Gasteiger partial charge in [0.1, 0.15) is 11.6 Å². The number of nitrogens with zero attached hydrogens (tertiary/aromatic N) is 7. The third kappa shape index (κ3) is 5.34. The van der Waals surface area contributed by atoms with Crippen LogP contribution in [0.25, 0.3) is 5.65 Å². The quantitative estimate of drug-likeness (QED) is 0.536. The monoisotopic (exact) mass is 494 g/mol. The molecular formula is C26H35FN8O. The topological polar surface area (TPSA) is 95.9 Å². The minimum Gasteiger partial charge on any atom is -0.369 e. The van der Waals surface area contributed by atoms with Crippen molar-refractivity contribution in [2.45, 2.75) is 32.7 Å². The molecule has 2 aliphatic rings. The Labute approximate surface area is 211 Å². The number of carbonyl (C=O) groups is 1. The third-order valence-corrected chi connectivity index (χ3v) is 7.81. The van der Waals surface area contributed by atoms with Crippen LogP contribution in [0, 0.1) is 24.6 Å². The Morgan fingerprint density at radius 1 is 1.08 bits per heavy atom. The summed E-state index contributed by atoms with van der Waals surface area (Å²) in [6.45, 7) is 8.32. The lowest BCUT2D eigenvalue weighted by molar-refractivity contribution is -0.124. The molecular weight excluding hydrogens is 459 g/mol. The number of piperazine rings is 1. The molecule has 2 aliphatic heterocycles. The number of nitrogens with two attached hydrogens (primary N) is 1. The highest BCUT2D eigenvalue weighted by Crippen LogP contribution is 2.29. The molecule has 1 amide bonds. The molecule has 0 radical (unpaired) electrons. The van der Waals surface area contributed by atoms with Crippen molar-refractivity contribution >= 4 is 17.4 Å². The van der Waals surface area contributed by atoms with Crippen LogP contribution in [0.2, 0.25) is 0 Å². The summed E-state index contributed by atoms with van der Waals surface area (Å²) in [6, 6.07) is 8.89. The Morgan fingerprint density at radius 2 is 1.83 bits per heavy atom. The van der Waals surface area contributed by atoms with Gasteiger partial charge in [-0.3, -0.25) is 9.69 Å². The zero-order valence-electron chi connectivity index (χ0n) is 21.1. The van der Waals surface area contributed by atoms with Gasteiger partial charge in [-0.25, -0.2) is 4.39 Å². The molecule has 0 aliphatic carbocycles. The first-order valence-electron chi connectivity index (χ1n) is 12.8. The molecule has 3 aromatic rings. The molecule has 10 heteroatoms. The summed E-state index contributed by atoms with van der Waals surface area (Å²) in [6.07, 6.45) is 2.19. The number of likely N-dealkylation sites (tertiary alicyclic amines) is 1. The minimum atomic E-state index is -0.318. The summed E-state index contributed by atoms with van der Waals surface area (Å²) in [4.78, 5) is 19.5. The fourth-order valence-electron chi connectivity index (χ4n) is 5.44. The molecule has 36 heavy (non-hydrogen) atoms. The van der Waals surface area contributed by atoms with Crippen molar-refractivity contribution in [3.8, 4) is 0 Å². The number of hydrogen-bond donors (Lipinski definition) is 1. The number of aromatic nitrogens is 4. The third-order valence-electron chi connectivity index (χ3n) is 7.81. The van der Waals surface area contributed by atoms with Gasteiger partial charge >= 0.3 is 0 Å². The van der Waals surface area contributed by atoms with E-state index in [9.17, 15) is 9.18 Å². The highest BCUT2D eigenvalue weighted by molar-refractivity contribution is 5.77. The van der Waals surface area contributed by atoms with E-state index in [2.05, 4.69) is 31.9 Å². The Morgan fingerprint density at radius 3 is 2.53 bits per heavy atom. The van der Waals surface area contributed by atoms with E-state index in [-0.39, 0.29) is 23.6 Å². The number of carbonyl (C=O) groups excluding carboxylic acids is 1. The maximum absolute atomic E-state index is 13.4. The number of halogens is 1. The molecule has 2 fully saturated rings. The van der Waals surface area contributed by atoms with Crippen molar-refractivity contribution < 1.29 is 9.18 Å². The average Bonchev–Trinajstić information content (AvgIpc) is 3.27. The molecule has 2 saturated heterocycles. The van der Waals surface area contributed by atoms with Gasteiger partial charge < -0.3 is 15.5 Å². The van der Waals surface area contributed by atoms with Gasteiger partial charge in [-0.2, -0.15) is 4.52 Å². The summed E-state index contributed by atoms with van der Waals surface area (Å²) < 4.78 is 15.2. The Hall–Kier alpha value is -3.11. The lowest BCUT2D eigenvalue weighted by Crippen LogP contribution is -2.45. The molecule has 1 aromatic carbocycles. The average molecular weight is 495 g/mol. The minimum absolute atomic E-state index is 0.182. The number of fused-ring (bicyclic) bond motifs is 1. The van der Waals surface area contributed by atoms with Crippen LogP contribution in [0.3, 0.4) is 0 Å². The highest BCUT2D eigenvalue weighted by atomic mass is 19.1. The number of benzene rings is 1. The molecule has 0 spiro atoms. The van der Waals surface area contributed by atoms with Crippen LogP contribution in [0.4, 0.5) is 10.2 Å². The Balaban J connectivity index is 1.26. The summed E-state index contributed by atoms with van der Waals surface area (Å²) in [5, 5.41) is 13.5. The first-order valence-corrected chi connectivity index (χ1v) is 12.8. The number of rotatable bonds is 7. The molecule has 1 unspecified atom stereocenters. The largest absolute Gasteiger partial charge is 0.369 e. The molecule has 2 aromatic heterocycles. The van der Waals surface area contributed by atoms with Crippen molar-refractivity contribution in [1.82, 2.24) is 29.6 Å². The second kappa shape index (κ2) is 10.5. The van der Waals surface area contributed by atoms with Gasteiger partial charge in [0.15, 0.2) is 11.5 Å². The Kier molecular flexibility index (Phi) is 7.15. The van der Waals surface area contributed by atoms with E-state index in [1.54, 1.807) is 10.6 Å². The molecule has 0 bridgehead atoms. The Bertz CT molecular complexity index is 1210. The summed E-state index contributed by atoms with van der Waals surface area (Å²) >= 11 is 0. The van der Waals surface area contributed by atoms with Crippen LogP contribution in [0.5, 0.6) is 0 Å². The van der Waals surface area contributed by atoms with E-state index >= 15 is 0 Å². The number of hydrogen-bond acceptors (Lipinski definition) is 7. The van der Waals surface area contributed by atoms with Crippen LogP contribution in [0.1, 0.15) is 29.8 Å². The van der Waals surface area contributed by atoms with Gasteiger partial charge in [0.2, 0.25) is 5.91 Å². The molecule has 4 heterocycles. The number of aryl methyl sites for hydroxylation is 1. The van der Waals surface area contributed by atoms with Gasteiger partial charge in [-0.15, -0.1) is 15.3 Å². The van der Waals surface area contributed by atoms with E-state index in [0.717, 1.165) is 75.6 Å². The number of primary amides is 1. The van der Waals surface area contributed by atoms with E-state index in [0.29, 0.717) is 17.9 Å². The van der Waals surface area contributed by atoms with Crippen LogP contribution >= 0.6 is 0 Å². The van der Waals surface area contributed by atoms with E-state index in [1.165, 1.54) is 6.07 Å². The van der Waals surface area contributed by atoms with Crippen LogP contribution in [-0.2, 0) is 17.8 Å². The van der Waals surface area contributed by atoms with Crippen LogP contribution < -0.4 is 10.6 Å². The maximum atomic E-state index is 13.4. The fourth-order valence-corrected chi connectivity index (χ4v) is 5.44. The smallest absolute Gasteiger partial charge is 0.221 e. The van der Waals surface area contributed by atoms with Crippen LogP contribution in [0.15, 0.2) is 30.3 Å². The molecule has 0 saturated carbocycles. The van der Waals surface area contributed by atoms with E-state index in [4.69, 9.17) is 10.8 Å². The van der Waals surface area contributed by atoms with Crippen molar-refractivity contribution in [2.75, 3.05) is 51.2 Å². The molecule has 9 nitrogen and oxygen atoms in total. The fraction of sp³-hybridized carbons (Fsp3) is 0.538. The SMILES string of the molecule is Cc1cc(F)ccc1CN1CCC(C(Cc2nnc3ccc(N4CCN(C)CC4)nn23)C(N)=O)CC1. The van der Waals surface area contributed by atoms with E-state index in [1.807, 2.05) is 25.1 Å². The number of amides is 1. The lowest BCUT2D eigenvalue weighted by atomic mass is 9.81. The van der Waals surface area contributed by atoms with Crippen molar-refractivity contribution in [1.29, 1.82) is 0 Å². The lowest BCUT2D eigenvalue weighted by Gasteiger charge is -2.35. The standard InChI is InChI=1S/C26H35FN8O/c1-18-15-21(27)4-3-20(18)17-33-9-7-19(8-10-33)22(26(28)36)16-25-30-29-23-5-6-24(31-35(23)25)34-13-11-32(2)12-14-34/h3-6,15,19,22H,7-14,16-17H2,1-2H3,(H2,28,36). The molecule has 2 N–H and O–H groups in total. The number of anilines is 1. The second-order valence-electron chi connectivity index (χ2n) is 10.3. The second-order valence-corrected chi connectivity index (χ2v) is 10.3. The molecule has 5 rings (SSSR count). The maximum Gasteiger partial charge on any atom is 0.221 e. The van der Waals surface area contributed by atoms with Gasteiger partial charge in [-0.1, -0.05) is 6.07 Å². The van der Waals surface area contributed by atoms with Crippen molar-refractivity contribution in [3.63, 3.8) is 0 Å². The molecule has 192 valence electrons. The van der Waals surface area contributed by atoms with Crippen LogP contribution in [-0.4, -0.2) is 81.8 Å². The van der Waals surface area contributed by atoms with E-state index < -0.39 is 0 Å².